The number of carbonyl (C=O) groups excluding carboxylic acids is 1. The molecule has 1 aromatic carbocycles. The van der Waals surface area contributed by atoms with Gasteiger partial charge in [-0.2, -0.15) is 26.3 Å². The third-order valence-electron chi connectivity index (χ3n) is 5.07. The van der Waals surface area contributed by atoms with Gasteiger partial charge < -0.3 is 25.8 Å². The van der Waals surface area contributed by atoms with E-state index in [1.807, 2.05) is 42.5 Å². The molecule has 1 aliphatic rings. The quantitative estimate of drug-likeness (QED) is 0.166. The Balaban J connectivity index is 0.000000289. The van der Waals surface area contributed by atoms with Crippen molar-refractivity contribution >= 4 is 35.0 Å². The number of aromatic amines is 1. The van der Waals surface area contributed by atoms with Gasteiger partial charge >= 0.3 is 24.3 Å². The van der Waals surface area contributed by atoms with Crippen LogP contribution in [0, 0.1) is 0 Å². The molecule has 3 aromatic heterocycles. The van der Waals surface area contributed by atoms with Crippen molar-refractivity contribution in [3.63, 3.8) is 0 Å². The van der Waals surface area contributed by atoms with Gasteiger partial charge in [-0.05, 0) is 42.5 Å². The summed E-state index contributed by atoms with van der Waals surface area (Å²) in [6.07, 6.45) is -4.87. The van der Waals surface area contributed by atoms with Crippen molar-refractivity contribution in [1.29, 1.82) is 0 Å². The summed E-state index contributed by atoms with van der Waals surface area (Å²) < 4.78 is 63.5. The Kier molecular flexibility index (Phi) is 9.14. The normalized spacial score (nSPS) is 11.4. The molecule has 0 bridgehead atoms. The van der Waals surface area contributed by atoms with E-state index in [9.17, 15) is 31.1 Å². The van der Waals surface area contributed by atoms with Crippen LogP contribution < -0.4 is 10.6 Å². The SMILES string of the molecule is CC(=O)Nc1ccc(-c2nc3c([nH]2)-c2ccncc2Nc2ncccc2-3)cc1.O=C(O)C(F)(F)F.O=C(O)C(F)(F)F. The Morgan fingerprint density at radius 2 is 1.45 bits per heavy atom. The van der Waals surface area contributed by atoms with Crippen molar-refractivity contribution in [3.8, 4) is 33.9 Å². The van der Waals surface area contributed by atoms with E-state index in [2.05, 4.69) is 25.6 Å². The van der Waals surface area contributed by atoms with Crippen molar-refractivity contribution in [1.82, 2.24) is 19.9 Å². The summed E-state index contributed by atoms with van der Waals surface area (Å²) in [6, 6.07) is 13.4. The van der Waals surface area contributed by atoms with Crippen LogP contribution in [0.25, 0.3) is 33.9 Å². The van der Waals surface area contributed by atoms with Crippen molar-refractivity contribution < 1.29 is 50.9 Å². The predicted molar refractivity (Wildman–Crippen MR) is 135 cm³/mol. The van der Waals surface area contributed by atoms with Gasteiger partial charge in [0, 0.05) is 41.7 Å². The number of nitrogens with zero attached hydrogens (tertiary/aromatic N) is 3. The molecule has 1 aliphatic heterocycles. The monoisotopic (exact) mass is 596 g/mol. The Morgan fingerprint density at radius 1 is 0.857 bits per heavy atom. The molecule has 4 aromatic rings. The summed E-state index contributed by atoms with van der Waals surface area (Å²) in [5, 5.41) is 20.4. The lowest BCUT2D eigenvalue weighted by Gasteiger charge is -2.08. The Morgan fingerprint density at radius 3 is 2.00 bits per heavy atom. The number of halogens is 6. The molecule has 1 amide bonds. The maximum atomic E-state index is 11.2. The lowest BCUT2D eigenvalue weighted by Crippen LogP contribution is -2.21. The number of hydrogen-bond donors (Lipinski definition) is 5. The molecule has 42 heavy (non-hydrogen) atoms. The zero-order valence-electron chi connectivity index (χ0n) is 21.0. The van der Waals surface area contributed by atoms with E-state index in [1.165, 1.54) is 6.92 Å². The van der Waals surface area contributed by atoms with Crippen LogP contribution in [0.4, 0.5) is 43.5 Å². The van der Waals surface area contributed by atoms with Crippen LogP contribution in [-0.4, -0.2) is 60.3 Å². The number of nitrogens with one attached hydrogen (secondary N) is 3. The Hall–Kier alpha value is -5.48. The first-order valence-electron chi connectivity index (χ1n) is 11.3. The second-order valence-electron chi connectivity index (χ2n) is 8.12. The number of carboxylic acids is 2. The van der Waals surface area contributed by atoms with Crippen LogP contribution in [-0.2, 0) is 14.4 Å². The van der Waals surface area contributed by atoms with E-state index in [4.69, 9.17) is 24.8 Å². The van der Waals surface area contributed by atoms with E-state index < -0.39 is 24.3 Å². The highest BCUT2D eigenvalue weighted by Gasteiger charge is 2.38. The van der Waals surface area contributed by atoms with Gasteiger partial charge in [0.25, 0.3) is 0 Å². The van der Waals surface area contributed by atoms with Gasteiger partial charge in [-0.25, -0.2) is 19.6 Å². The molecular formula is C25H18F6N6O5. The van der Waals surface area contributed by atoms with Gasteiger partial charge in [-0.3, -0.25) is 9.78 Å². The summed E-state index contributed by atoms with van der Waals surface area (Å²) >= 11 is 0. The van der Waals surface area contributed by atoms with Gasteiger partial charge in [0.1, 0.15) is 17.3 Å². The minimum absolute atomic E-state index is 0.0979. The van der Waals surface area contributed by atoms with Crippen molar-refractivity contribution in [2.24, 2.45) is 0 Å². The molecule has 5 rings (SSSR count). The van der Waals surface area contributed by atoms with Crippen LogP contribution in [0.2, 0.25) is 0 Å². The fraction of sp³-hybridized carbons (Fsp3) is 0.120. The number of anilines is 3. The van der Waals surface area contributed by atoms with E-state index in [0.29, 0.717) is 0 Å². The first-order valence-corrected chi connectivity index (χ1v) is 11.3. The molecule has 0 unspecified atom stereocenters. The number of H-pyrrole nitrogens is 1. The molecule has 0 radical (unpaired) electrons. The van der Waals surface area contributed by atoms with Crippen LogP contribution in [0.5, 0.6) is 0 Å². The predicted octanol–water partition coefficient (Wildman–Crippen LogP) is 5.48. The summed E-state index contributed by atoms with van der Waals surface area (Å²) in [4.78, 5) is 46.0. The highest BCUT2D eigenvalue weighted by atomic mass is 19.4. The van der Waals surface area contributed by atoms with E-state index in [0.717, 1.165) is 51.1 Å². The minimum atomic E-state index is -5.08. The van der Waals surface area contributed by atoms with Crippen molar-refractivity contribution in [2.75, 3.05) is 10.6 Å². The minimum Gasteiger partial charge on any atom is -0.475 e. The highest BCUT2D eigenvalue weighted by Crippen LogP contribution is 2.42. The number of imidazole rings is 1. The number of hydrogen-bond acceptors (Lipinski definition) is 7. The summed E-state index contributed by atoms with van der Waals surface area (Å²) in [7, 11) is 0. The smallest absolute Gasteiger partial charge is 0.475 e. The number of rotatable bonds is 2. The van der Waals surface area contributed by atoms with Gasteiger partial charge in [-0.15, -0.1) is 0 Å². The molecule has 0 atom stereocenters. The zero-order chi connectivity index (χ0) is 31.2. The van der Waals surface area contributed by atoms with E-state index in [1.54, 1.807) is 18.6 Å². The van der Waals surface area contributed by atoms with Gasteiger partial charge in [-0.1, -0.05) is 0 Å². The number of benzene rings is 1. The molecule has 4 heterocycles. The van der Waals surface area contributed by atoms with Gasteiger partial charge in [0.05, 0.1) is 17.6 Å². The first-order chi connectivity index (χ1) is 19.6. The average Bonchev–Trinajstić information content (AvgIpc) is 3.29. The standard InChI is InChI=1S/C21H16N6O.2C2HF3O2/c1-12(28)24-14-6-4-13(5-7-14)20-26-18-15-8-10-22-11-17(15)25-21-16(19(18)27-20)3-2-9-23-21;2*3-2(4,5)1(6)7/h2-11H,1H3,(H,23,25)(H,24,28)(H,26,27);2*(H,6,7). The average molecular weight is 596 g/mol. The third kappa shape index (κ3) is 7.80. The third-order valence-corrected chi connectivity index (χ3v) is 5.07. The van der Waals surface area contributed by atoms with Gasteiger partial charge in [0.15, 0.2) is 0 Å². The second-order valence-corrected chi connectivity index (χ2v) is 8.12. The number of amides is 1. The molecule has 0 aliphatic carbocycles. The number of alkyl halides is 6. The van der Waals surface area contributed by atoms with Crippen LogP contribution in [0.3, 0.4) is 0 Å². The van der Waals surface area contributed by atoms with Crippen LogP contribution in [0.1, 0.15) is 6.92 Å². The summed E-state index contributed by atoms with van der Waals surface area (Å²) in [5.74, 6) is -4.12. The molecule has 220 valence electrons. The Labute approximate surface area is 231 Å². The van der Waals surface area contributed by atoms with Gasteiger partial charge in [0.2, 0.25) is 5.91 Å². The topological polar surface area (TPSA) is 170 Å². The van der Waals surface area contributed by atoms with E-state index >= 15 is 0 Å². The number of pyridine rings is 2. The molecule has 0 fully saturated rings. The molecule has 0 spiro atoms. The largest absolute Gasteiger partial charge is 0.490 e. The zero-order valence-corrected chi connectivity index (χ0v) is 21.0. The maximum absolute atomic E-state index is 11.2. The lowest BCUT2D eigenvalue weighted by atomic mass is 10.1. The fourth-order valence-electron chi connectivity index (χ4n) is 3.35. The molecule has 0 saturated carbocycles. The fourth-order valence-corrected chi connectivity index (χ4v) is 3.35. The van der Waals surface area contributed by atoms with E-state index in [-0.39, 0.29) is 5.91 Å². The molecule has 11 nitrogen and oxygen atoms in total. The maximum Gasteiger partial charge on any atom is 0.490 e. The van der Waals surface area contributed by atoms with Crippen molar-refractivity contribution in [2.45, 2.75) is 19.3 Å². The Bertz CT molecular complexity index is 1520. The number of fused-ring (bicyclic) bond motifs is 5. The summed E-state index contributed by atoms with van der Waals surface area (Å²) in [6.45, 7) is 1.49. The second kappa shape index (κ2) is 12.4. The molecule has 5 N–H and O–H groups in total. The highest BCUT2D eigenvalue weighted by molar-refractivity contribution is 5.95. The molecule has 0 saturated heterocycles. The number of aromatic nitrogens is 4. The number of carbonyl (C=O) groups is 3. The molecule has 17 heteroatoms. The lowest BCUT2D eigenvalue weighted by molar-refractivity contribution is -0.193. The van der Waals surface area contributed by atoms with Crippen LogP contribution >= 0.6 is 0 Å². The van der Waals surface area contributed by atoms with Crippen molar-refractivity contribution in [3.05, 3.63) is 61.1 Å². The number of aliphatic carboxylic acids is 2. The number of carboxylic acid groups (broad SMARTS) is 2. The molecular weight excluding hydrogens is 578 g/mol. The van der Waals surface area contributed by atoms with Crippen LogP contribution in [0.15, 0.2) is 61.1 Å². The first kappa shape index (κ1) is 31.1. The summed E-state index contributed by atoms with van der Waals surface area (Å²) in [5.41, 5.74) is 6.20.